The van der Waals surface area contributed by atoms with Crippen molar-refractivity contribution in [3.63, 3.8) is 0 Å². The first-order chi connectivity index (χ1) is 23.8. The zero-order valence-corrected chi connectivity index (χ0v) is 28.8. The Labute approximate surface area is 292 Å². The summed E-state index contributed by atoms with van der Waals surface area (Å²) in [5, 5.41) is 10.5. The minimum atomic E-state index is -0.551. The summed E-state index contributed by atoms with van der Waals surface area (Å²) in [4.78, 5) is 45.0. The van der Waals surface area contributed by atoms with Crippen LogP contribution >= 0.6 is 23.1 Å². The van der Waals surface area contributed by atoms with Gasteiger partial charge in [-0.15, -0.1) is 23.1 Å². The van der Waals surface area contributed by atoms with Gasteiger partial charge in [0.2, 0.25) is 11.7 Å². The first-order valence-electron chi connectivity index (χ1n) is 15.1. The predicted octanol–water partition coefficient (Wildman–Crippen LogP) is 7.36. The van der Waals surface area contributed by atoms with Crippen LogP contribution in [0.25, 0.3) is 17.3 Å². The van der Waals surface area contributed by atoms with Crippen LogP contribution in [-0.2, 0) is 9.59 Å². The molecule has 4 aromatic carbocycles. The average molecular weight is 695 g/mol. The normalized spacial score (nSPS) is 11.6. The maximum atomic E-state index is 13.6. The van der Waals surface area contributed by atoms with Crippen LogP contribution in [0.2, 0.25) is 0 Å². The van der Waals surface area contributed by atoms with Gasteiger partial charge in [-0.05, 0) is 67.1 Å². The lowest BCUT2D eigenvalue weighted by molar-refractivity contribution is -0.115. The summed E-state index contributed by atoms with van der Waals surface area (Å²) in [6.07, 6.45) is 1.52. The van der Waals surface area contributed by atoms with Gasteiger partial charge in [0.05, 0.1) is 32.3 Å². The monoisotopic (exact) mass is 694 g/mol. The third kappa shape index (κ3) is 9.06. The molecular weight excluding hydrogens is 661 g/mol. The smallest absolute Gasteiger partial charge is 0.272 e. The van der Waals surface area contributed by atoms with Crippen molar-refractivity contribution >= 4 is 57.7 Å². The highest BCUT2D eigenvalue weighted by atomic mass is 32.2. The molecule has 0 fully saturated rings. The molecule has 49 heavy (non-hydrogen) atoms. The molecule has 1 aromatic heterocycles. The number of hydrogen-bond donors (Lipinski definition) is 3. The van der Waals surface area contributed by atoms with Crippen LogP contribution in [0.1, 0.15) is 22.8 Å². The first-order valence-corrected chi connectivity index (χ1v) is 16.8. The third-order valence-corrected chi connectivity index (χ3v) is 8.99. The second-order valence-corrected chi connectivity index (χ2v) is 12.7. The summed E-state index contributed by atoms with van der Waals surface area (Å²) in [7, 11) is 4.48. The molecule has 5 aromatic rings. The number of methoxy groups -OCH3 is 3. The largest absolute Gasteiger partial charge is 0.493 e. The number of nitrogens with zero attached hydrogens (tertiary/aromatic N) is 1. The van der Waals surface area contributed by atoms with Crippen LogP contribution < -0.4 is 30.2 Å². The number of hydrogen-bond acceptors (Lipinski definition) is 9. The second kappa shape index (κ2) is 16.5. The maximum Gasteiger partial charge on any atom is 0.272 e. The number of anilines is 2. The maximum absolute atomic E-state index is 13.6. The van der Waals surface area contributed by atoms with Gasteiger partial charge in [-0.3, -0.25) is 14.4 Å². The SMILES string of the molecule is COc1cc(/C=C(\NC(=O)c2ccccc2)C(=O)Nc2ccc(SC(C)C(=O)Nc3nc(-c4ccccc4)cs3)cc2)cc(OC)c1OC. The third-order valence-electron chi connectivity index (χ3n) is 7.13. The van der Waals surface area contributed by atoms with Crippen LogP contribution in [0.5, 0.6) is 17.2 Å². The zero-order chi connectivity index (χ0) is 34.8. The van der Waals surface area contributed by atoms with Gasteiger partial charge >= 0.3 is 0 Å². The molecule has 0 saturated heterocycles. The van der Waals surface area contributed by atoms with Crippen molar-refractivity contribution in [3.8, 4) is 28.5 Å². The quantitative estimate of drug-likeness (QED) is 0.0862. The Balaban J connectivity index is 1.28. The van der Waals surface area contributed by atoms with Gasteiger partial charge in [0.1, 0.15) is 5.70 Å². The molecule has 0 bridgehead atoms. The van der Waals surface area contributed by atoms with Crippen LogP contribution in [0.15, 0.2) is 113 Å². The summed E-state index contributed by atoms with van der Waals surface area (Å²) in [6.45, 7) is 1.82. The van der Waals surface area contributed by atoms with Crippen LogP contribution in [0.3, 0.4) is 0 Å². The Bertz CT molecular complexity index is 1920. The van der Waals surface area contributed by atoms with E-state index in [0.717, 1.165) is 16.2 Å². The molecule has 3 amide bonds. The van der Waals surface area contributed by atoms with Gasteiger partial charge in [0.15, 0.2) is 16.6 Å². The van der Waals surface area contributed by atoms with Crippen molar-refractivity contribution in [1.82, 2.24) is 10.3 Å². The molecule has 1 atom stereocenters. The Morgan fingerprint density at radius 2 is 1.45 bits per heavy atom. The summed E-state index contributed by atoms with van der Waals surface area (Å²) in [5.74, 6) is -0.00524. The van der Waals surface area contributed by atoms with Crippen molar-refractivity contribution in [2.24, 2.45) is 0 Å². The van der Waals surface area contributed by atoms with E-state index < -0.39 is 17.1 Å². The van der Waals surface area contributed by atoms with Crippen molar-refractivity contribution in [2.75, 3.05) is 32.0 Å². The second-order valence-electron chi connectivity index (χ2n) is 10.5. The molecule has 0 saturated carbocycles. The van der Waals surface area contributed by atoms with Crippen molar-refractivity contribution in [1.29, 1.82) is 0 Å². The molecular formula is C37H34N4O6S2. The van der Waals surface area contributed by atoms with Gasteiger partial charge in [0, 0.05) is 27.1 Å². The molecule has 10 nitrogen and oxygen atoms in total. The van der Waals surface area contributed by atoms with E-state index in [1.54, 1.807) is 54.6 Å². The molecule has 0 radical (unpaired) electrons. The standard InChI is InChI=1S/C37H34N4O6S2/c1-23(34(42)41-37-40-30(22-48-37)25-11-7-5-8-12-25)49-28-17-15-27(16-18-28)38-36(44)29(39-35(43)26-13-9-6-10-14-26)19-24-20-31(45-2)33(47-4)32(21-24)46-3/h5-23H,1-4H3,(H,38,44)(H,39,43)(H,40,41,42)/b29-19-. The Hall–Kier alpha value is -5.59. The number of rotatable bonds is 13. The van der Waals surface area contributed by atoms with E-state index in [9.17, 15) is 14.4 Å². The number of ether oxygens (including phenoxy) is 3. The van der Waals surface area contributed by atoms with Gasteiger partial charge in [-0.1, -0.05) is 48.5 Å². The molecule has 1 unspecified atom stereocenters. The lowest BCUT2D eigenvalue weighted by Crippen LogP contribution is -2.30. The summed E-state index contributed by atoms with van der Waals surface area (Å²) in [5.41, 5.74) is 3.19. The number of aromatic nitrogens is 1. The van der Waals surface area contributed by atoms with Crippen molar-refractivity contribution in [3.05, 3.63) is 119 Å². The van der Waals surface area contributed by atoms with Gasteiger partial charge < -0.3 is 30.2 Å². The van der Waals surface area contributed by atoms with Crippen LogP contribution in [0, 0.1) is 0 Å². The number of nitrogens with one attached hydrogen (secondary N) is 3. The average Bonchev–Trinajstić information content (AvgIpc) is 3.60. The minimum absolute atomic E-state index is 0.00974. The van der Waals surface area contributed by atoms with E-state index in [0.29, 0.717) is 39.2 Å². The molecule has 250 valence electrons. The highest BCUT2D eigenvalue weighted by Gasteiger charge is 2.19. The lowest BCUT2D eigenvalue weighted by atomic mass is 10.1. The molecule has 5 rings (SSSR count). The summed E-state index contributed by atoms with van der Waals surface area (Å²) < 4.78 is 16.3. The van der Waals surface area contributed by atoms with Gasteiger partial charge in [-0.25, -0.2) is 4.98 Å². The Morgan fingerprint density at radius 3 is 2.06 bits per heavy atom. The highest BCUT2D eigenvalue weighted by Crippen LogP contribution is 2.38. The minimum Gasteiger partial charge on any atom is -0.493 e. The molecule has 0 aliphatic rings. The fraction of sp³-hybridized carbons (Fsp3) is 0.135. The van der Waals surface area contributed by atoms with E-state index in [4.69, 9.17) is 14.2 Å². The van der Waals surface area contributed by atoms with E-state index in [1.807, 2.05) is 54.8 Å². The van der Waals surface area contributed by atoms with Crippen molar-refractivity contribution < 1.29 is 28.6 Å². The Kier molecular flexibility index (Phi) is 11.7. The molecule has 0 aliphatic heterocycles. The fourth-order valence-corrected chi connectivity index (χ4v) is 6.24. The first kappa shape index (κ1) is 34.7. The molecule has 0 aliphatic carbocycles. The number of thiazole rings is 1. The summed E-state index contributed by atoms with van der Waals surface area (Å²) in [6, 6.07) is 28.8. The lowest BCUT2D eigenvalue weighted by Gasteiger charge is -2.15. The number of benzene rings is 4. The Morgan fingerprint density at radius 1 is 0.816 bits per heavy atom. The predicted molar refractivity (Wildman–Crippen MR) is 195 cm³/mol. The van der Waals surface area contributed by atoms with Gasteiger partial charge in [-0.2, -0.15) is 0 Å². The van der Waals surface area contributed by atoms with Crippen molar-refractivity contribution in [2.45, 2.75) is 17.1 Å². The zero-order valence-electron chi connectivity index (χ0n) is 27.2. The van der Waals surface area contributed by atoms with Crippen LogP contribution in [-0.4, -0.2) is 49.3 Å². The van der Waals surface area contributed by atoms with E-state index in [1.165, 1.54) is 50.5 Å². The number of amides is 3. The van der Waals surface area contributed by atoms with Gasteiger partial charge in [0.25, 0.3) is 11.8 Å². The van der Waals surface area contributed by atoms with Crippen LogP contribution in [0.4, 0.5) is 10.8 Å². The molecule has 0 spiro atoms. The summed E-state index contributed by atoms with van der Waals surface area (Å²) >= 11 is 2.75. The van der Waals surface area contributed by atoms with E-state index >= 15 is 0 Å². The van der Waals surface area contributed by atoms with E-state index in [-0.39, 0.29) is 11.6 Å². The number of carbonyl (C=O) groups excluding carboxylic acids is 3. The topological polar surface area (TPSA) is 128 Å². The van der Waals surface area contributed by atoms with E-state index in [2.05, 4.69) is 20.9 Å². The number of thioether (sulfide) groups is 1. The molecule has 1 heterocycles. The fourth-order valence-electron chi connectivity index (χ4n) is 4.65. The number of carbonyl (C=O) groups is 3. The highest BCUT2D eigenvalue weighted by molar-refractivity contribution is 8.00. The molecule has 12 heteroatoms. The molecule has 3 N–H and O–H groups in total.